The molecule has 0 spiro atoms. The van der Waals surface area contributed by atoms with Crippen molar-refractivity contribution in [1.29, 1.82) is 0 Å². The van der Waals surface area contributed by atoms with Gasteiger partial charge in [-0.15, -0.1) is 0 Å². The Hall–Kier alpha value is -1.44. The summed E-state index contributed by atoms with van der Waals surface area (Å²) in [5.41, 5.74) is 0.493. The van der Waals surface area contributed by atoms with Gasteiger partial charge >= 0.3 is 0 Å². The summed E-state index contributed by atoms with van der Waals surface area (Å²) in [5.74, 6) is -0.136. The summed E-state index contributed by atoms with van der Waals surface area (Å²) in [6.07, 6.45) is 5.71. The molecule has 6 nitrogen and oxygen atoms in total. The Morgan fingerprint density at radius 2 is 1.58 bits per heavy atom. The molecule has 0 atom stereocenters. The van der Waals surface area contributed by atoms with Gasteiger partial charge < -0.3 is 10.1 Å². The molecule has 1 aliphatic heterocycles. The highest BCUT2D eigenvalue weighted by atomic mass is 32.2. The van der Waals surface area contributed by atoms with Crippen LogP contribution in [0.5, 0.6) is 0 Å². The second-order valence-corrected chi connectivity index (χ2v) is 8.20. The van der Waals surface area contributed by atoms with Crippen LogP contribution in [0.2, 0.25) is 0 Å². The molecular formula is C17H24N2O4S. The van der Waals surface area contributed by atoms with Gasteiger partial charge in [-0.2, -0.15) is 0 Å². The van der Waals surface area contributed by atoms with E-state index in [4.69, 9.17) is 4.74 Å². The van der Waals surface area contributed by atoms with Gasteiger partial charge in [0.2, 0.25) is 10.0 Å². The normalized spacial score (nSPS) is 20.2. The summed E-state index contributed by atoms with van der Waals surface area (Å²) < 4.78 is 32.8. The molecule has 7 heteroatoms. The van der Waals surface area contributed by atoms with E-state index in [1.54, 1.807) is 12.1 Å². The lowest BCUT2D eigenvalue weighted by Gasteiger charge is -2.23. The third kappa shape index (κ3) is 4.34. The summed E-state index contributed by atoms with van der Waals surface area (Å²) in [6.45, 7) is 1.15. The fraction of sp³-hybridized carbons (Fsp3) is 0.588. The second kappa shape index (κ2) is 7.63. The van der Waals surface area contributed by atoms with Crippen molar-refractivity contribution in [3.05, 3.63) is 29.8 Å². The van der Waals surface area contributed by atoms with Crippen LogP contribution in [-0.4, -0.2) is 39.6 Å². The van der Waals surface area contributed by atoms with Crippen LogP contribution in [0.3, 0.4) is 0 Å². The summed E-state index contributed by atoms with van der Waals surface area (Å²) >= 11 is 0. The molecule has 3 rings (SSSR count). The SMILES string of the molecule is O=C(NC1CCCC1)c1ccc(S(=O)(=O)NC2CCOCC2)cc1. The standard InChI is InChI=1S/C17H24N2O4S/c20-17(18-14-3-1-2-4-14)13-5-7-16(8-6-13)24(21,22)19-15-9-11-23-12-10-15/h5-8,14-15,19H,1-4,9-12H2,(H,18,20). The Labute approximate surface area is 143 Å². The first-order chi connectivity index (χ1) is 11.5. The number of rotatable bonds is 5. The second-order valence-electron chi connectivity index (χ2n) is 6.49. The van der Waals surface area contributed by atoms with Gasteiger partial charge in [0.1, 0.15) is 0 Å². The number of hydrogen-bond acceptors (Lipinski definition) is 4. The maximum atomic E-state index is 12.4. The number of benzene rings is 1. The van der Waals surface area contributed by atoms with Crippen LogP contribution in [0.1, 0.15) is 48.9 Å². The third-order valence-corrected chi connectivity index (χ3v) is 6.20. The van der Waals surface area contributed by atoms with Gasteiger partial charge in [0.25, 0.3) is 5.91 Å². The molecule has 2 N–H and O–H groups in total. The number of amides is 1. The number of ether oxygens (including phenoxy) is 1. The quantitative estimate of drug-likeness (QED) is 0.846. The molecule has 2 fully saturated rings. The van der Waals surface area contributed by atoms with E-state index < -0.39 is 10.0 Å². The van der Waals surface area contributed by atoms with Crippen molar-refractivity contribution in [2.24, 2.45) is 0 Å². The minimum Gasteiger partial charge on any atom is -0.381 e. The minimum absolute atomic E-state index is 0.0888. The van der Waals surface area contributed by atoms with Crippen LogP contribution in [0, 0.1) is 0 Å². The van der Waals surface area contributed by atoms with Crippen molar-refractivity contribution in [1.82, 2.24) is 10.0 Å². The summed E-state index contributed by atoms with van der Waals surface area (Å²) in [5, 5.41) is 3.00. The van der Waals surface area contributed by atoms with Crippen LogP contribution in [0.4, 0.5) is 0 Å². The van der Waals surface area contributed by atoms with Crippen LogP contribution in [0.25, 0.3) is 0 Å². The van der Waals surface area contributed by atoms with Crippen LogP contribution >= 0.6 is 0 Å². The van der Waals surface area contributed by atoms with E-state index in [-0.39, 0.29) is 22.9 Å². The topological polar surface area (TPSA) is 84.5 Å². The van der Waals surface area contributed by atoms with E-state index in [2.05, 4.69) is 10.0 Å². The number of carbonyl (C=O) groups is 1. The Bertz CT molecular complexity index is 660. The van der Waals surface area contributed by atoms with Gasteiger partial charge in [-0.1, -0.05) is 12.8 Å². The van der Waals surface area contributed by atoms with Gasteiger partial charge in [-0.25, -0.2) is 13.1 Å². The lowest BCUT2D eigenvalue weighted by Crippen LogP contribution is -2.38. The summed E-state index contributed by atoms with van der Waals surface area (Å²) in [7, 11) is -3.56. The third-order valence-electron chi connectivity index (χ3n) is 4.66. The zero-order valence-corrected chi connectivity index (χ0v) is 14.5. The fourth-order valence-electron chi connectivity index (χ4n) is 3.23. The first-order valence-electron chi connectivity index (χ1n) is 8.55. The van der Waals surface area contributed by atoms with E-state index in [1.165, 1.54) is 12.1 Å². The Morgan fingerprint density at radius 3 is 2.21 bits per heavy atom. The Kier molecular flexibility index (Phi) is 5.53. The van der Waals surface area contributed by atoms with E-state index in [0.29, 0.717) is 31.6 Å². The molecule has 1 saturated carbocycles. The largest absolute Gasteiger partial charge is 0.381 e. The van der Waals surface area contributed by atoms with E-state index in [1.807, 2.05) is 0 Å². The smallest absolute Gasteiger partial charge is 0.251 e. The van der Waals surface area contributed by atoms with Gasteiger partial charge in [0.15, 0.2) is 0 Å². The highest BCUT2D eigenvalue weighted by Crippen LogP contribution is 2.19. The molecule has 1 amide bonds. The Morgan fingerprint density at radius 1 is 0.958 bits per heavy atom. The van der Waals surface area contributed by atoms with E-state index in [9.17, 15) is 13.2 Å². The molecule has 0 unspecified atom stereocenters. The molecule has 1 aromatic carbocycles. The number of hydrogen-bond donors (Lipinski definition) is 2. The lowest BCUT2D eigenvalue weighted by molar-refractivity contribution is 0.0832. The molecule has 2 aliphatic rings. The van der Waals surface area contributed by atoms with Gasteiger partial charge in [0.05, 0.1) is 4.90 Å². The van der Waals surface area contributed by atoms with Gasteiger partial charge in [-0.05, 0) is 49.9 Å². The average Bonchev–Trinajstić information content (AvgIpc) is 3.08. The molecule has 1 aromatic rings. The first-order valence-corrected chi connectivity index (χ1v) is 10.0. The molecule has 1 aliphatic carbocycles. The van der Waals surface area contributed by atoms with E-state index in [0.717, 1.165) is 25.7 Å². The average molecular weight is 352 g/mol. The van der Waals surface area contributed by atoms with Crippen molar-refractivity contribution in [3.8, 4) is 0 Å². The number of sulfonamides is 1. The minimum atomic E-state index is -3.56. The molecule has 0 aromatic heterocycles. The van der Waals surface area contributed by atoms with Gasteiger partial charge in [0, 0.05) is 30.9 Å². The number of nitrogens with one attached hydrogen (secondary N) is 2. The van der Waals surface area contributed by atoms with Crippen molar-refractivity contribution < 1.29 is 17.9 Å². The van der Waals surface area contributed by atoms with Crippen molar-refractivity contribution in [2.75, 3.05) is 13.2 Å². The molecule has 1 heterocycles. The first kappa shape index (κ1) is 17.4. The summed E-state index contributed by atoms with van der Waals surface area (Å²) in [6, 6.07) is 6.28. The highest BCUT2D eigenvalue weighted by molar-refractivity contribution is 7.89. The predicted octanol–water partition coefficient (Wildman–Crippen LogP) is 1.82. The summed E-state index contributed by atoms with van der Waals surface area (Å²) in [4.78, 5) is 12.4. The lowest BCUT2D eigenvalue weighted by atomic mass is 10.1. The zero-order chi connectivity index (χ0) is 17.0. The molecule has 1 saturated heterocycles. The van der Waals surface area contributed by atoms with E-state index >= 15 is 0 Å². The predicted molar refractivity (Wildman–Crippen MR) is 90.3 cm³/mol. The fourth-order valence-corrected chi connectivity index (χ4v) is 4.53. The number of carbonyl (C=O) groups excluding carboxylic acids is 1. The Balaban J connectivity index is 1.63. The molecule has 0 bridgehead atoms. The molecular weight excluding hydrogens is 328 g/mol. The van der Waals surface area contributed by atoms with Gasteiger partial charge in [-0.3, -0.25) is 4.79 Å². The molecule has 132 valence electrons. The van der Waals surface area contributed by atoms with Crippen LogP contribution in [-0.2, 0) is 14.8 Å². The zero-order valence-electron chi connectivity index (χ0n) is 13.7. The highest BCUT2D eigenvalue weighted by Gasteiger charge is 2.23. The maximum Gasteiger partial charge on any atom is 0.251 e. The maximum absolute atomic E-state index is 12.4. The molecule has 0 radical (unpaired) electrons. The van der Waals surface area contributed by atoms with Crippen LogP contribution in [0.15, 0.2) is 29.2 Å². The molecule has 24 heavy (non-hydrogen) atoms. The van der Waals surface area contributed by atoms with Crippen LogP contribution < -0.4 is 10.0 Å². The van der Waals surface area contributed by atoms with Crippen molar-refractivity contribution in [3.63, 3.8) is 0 Å². The van der Waals surface area contributed by atoms with Crippen molar-refractivity contribution >= 4 is 15.9 Å². The monoisotopic (exact) mass is 352 g/mol. The van der Waals surface area contributed by atoms with Crippen molar-refractivity contribution in [2.45, 2.75) is 55.5 Å².